The van der Waals surface area contributed by atoms with Crippen LogP contribution in [0.4, 0.5) is 0 Å². The molecule has 0 rings (SSSR count). The van der Waals surface area contributed by atoms with Crippen molar-refractivity contribution in [2.75, 3.05) is 13.2 Å². The number of rotatable bonds is 61. The van der Waals surface area contributed by atoms with Gasteiger partial charge in [0.05, 0.1) is 25.4 Å². The maximum absolute atomic E-state index is 12.5. The van der Waals surface area contributed by atoms with Gasteiger partial charge in [-0.2, -0.15) is 0 Å². The van der Waals surface area contributed by atoms with Crippen molar-refractivity contribution in [1.29, 1.82) is 0 Å². The first-order valence-corrected chi connectivity index (χ1v) is 32.4. The summed E-state index contributed by atoms with van der Waals surface area (Å²) in [5.74, 6) is -0.0505. The second kappa shape index (κ2) is 61.1. The Bertz CT molecular complexity index is 1060. The van der Waals surface area contributed by atoms with E-state index in [1.807, 2.05) is 0 Å². The number of hydrogen-bond donors (Lipinski definition) is 3. The maximum atomic E-state index is 12.5. The fourth-order valence-corrected chi connectivity index (χ4v) is 10.3. The van der Waals surface area contributed by atoms with Gasteiger partial charge in [0, 0.05) is 12.8 Å². The number of esters is 1. The van der Waals surface area contributed by atoms with Gasteiger partial charge in [-0.15, -0.1) is 0 Å². The van der Waals surface area contributed by atoms with E-state index in [0.29, 0.717) is 25.9 Å². The van der Waals surface area contributed by atoms with E-state index in [2.05, 4.69) is 31.3 Å². The van der Waals surface area contributed by atoms with Crippen molar-refractivity contribution in [2.45, 2.75) is 379 Å². The minimum absolute atomic E-state index is 0.00482. The van der Waals surface area contributed by atoms with Gasteiger partial charge in [-0.3, -0.25) is 9.59 Å². The Morgan fingerprint density at radius 1 is 0.380 bits per heavy atom. The van der Waals surface area contributed by atoms with E-state index < -0.39 is 12.1 Å². The molecule has 0 aliphatic heterocycles. The SMILES string of the molecule is CCCCCCCCCCCCCCCCCCCCCCCCC(O)C(CO)NC(=O)CCCCCCCCC/C=C\CCCCCCOC(=O)CCCCCCCCCCCCCCCCCCC. The predicted octanol–water partition coefficient (Wildman–Crippen LogP) is 20.4. The van der Waals surface area contributed by atoms with Crippen LogP contribution < -0.4 is 5.32 Å². The Hall–Kier alpha value is -1.40. The highest BCUT2D eigenvalue weighted by atomic mass is 16.5. The molecule has 0 aromatic heterocycles. The minimum Gasteiger partial charge on any atom is -0.466 e. The smallest absolute Gasteiger partial charge is 0.305 e. The number of carbonyl (C=O) groups excluding carboxylic acids is 2. The topological polar surface area (TPSA) is 95.9 Å². The third-order valence-electron chi connectivity index (χ3n) is 15.3. The van der Waals surface area contributed by atoms with Crippen LogP contribution in [0.5, 0.6) is 0 Å². The Morgan fingerprint density at radius 3 is 1.00 bits per heavy atom. The molecule has 0 aliphatic rings. The predicted molar refractivity (Wildman–Crippen MR) is 310 cm³/mol. The van der Waals surface area contributed by atoms with E-state index in [4.69, 9.17) is 4.74 Å². The van der Waals surface area contributed by atoms with Gasteiger partial charge >= 0.3 is 5.97 Å². The van der Waals surface area contributed by atoms with Crippen LogP contribution >= 0.6 is 0 Å². The largest absolute Gasteiger partial charge is 0.466 e. The fourth-order valence-electron chi connectivity index (χ4n) is 10.3. The minimum atomic E-state index is -0.675. The molecule has 6 heteroatoms. The highest BCUT2D eigenvalue weighted by Gasteiger charge is 2.20. The summed E-state index contributed by atoms with van der Waals surface area (Å²) in [5, 5.41) is 23.4. The van der Waals surface area contributed by atoms with E-state index in [1.165, 1.54) is 263 Å². The number of nitrogens with one attached hydrogen (secondary N) is 1. The summed E-state index contributed by atoms with van der Waals surface area (Å²) >= 11 is 0. The highest BCUT2D eigenvalue weighted by Crippen LogP contribution is 2.18. The lowest BCUT2D eigenvalue weighted by Crippen LogP contribution is -2.45. The molecule has 0 fully saturated rings. The van der Waals surface area contributed by atoms with Crippen molar-refractivity contribution in [1.82, 2.24) is 5.32 Å². The molecule has 0 aromatic carbocycles. The highest BCUT2D eigenvalue weighted by molar-refractivity contribution is 5.76. The zero-order chi connectivity index (χ0) is 51.4. The van der Waals surface area contributed by atoms with Gasteiger partial charge < -0.3 is 20.3 Å². The normalized spacial score (nSPS) is 12.6. The van der Waals surface area contributed by atoms with Crippen LogP contribution in [0.3, 0.4) is 0 Å². The lowest BCUT2D eigenvalue weighted by molar-refractivity contribution is -0.143. The van der Waals surface area contributed by atoms with Gasteiger partial charge in [0.2, 0.25) is 5.91 Å². The molecule has 2 unspecified atom stereocenters. The Morgan fingerprint density at radius 2 is 0.662 bits per heavy atom. The van der Waals surface area contributed by atoms with Crippen LogP contribution in [-0.4, -0.2) is 47.4 Å². The summed E-state index contributed by atoms with van der Waals surface area (Å²) < 4.78 is 5.48. The Labute approximate surface area is 444 Å². The van der Waals surface area contributed by atoms with Crippen LogP contribution in [0.2, 0.25) is 0 Å². The average molecular weight is 1000 g/mol. The Kier molecular flexibility index (Phi) is 59.9. The molecular formula is C65H127NO5. The quantitative estimate of drug-likeness (QED) is 0.0320. The van der Waals surface area contributed by atoms with E-state index in [1.54, 1.807) is 0 Å². The van der Waals surface area contributed by atoms with E-state index in [0.717, 1.165) is 70.6 Å². The second-order valence-corrected chi connectivity index (χ2v) is 22.5. The van der Waals surface area contributed by atoms with Gasteiger partial charge in [0.25, 0.3) is 0 Å². The lowest BCUT2D eigenvalue weighted by Gasteiger charge is -2.22. The maximum Gasteiger partial charge on any atom is 0.305 e. The van der Waals surface area contributed by atoms with Crippen molar-refractivity contribution in [3.8, 4) is 0 Å². The van der Waals surface area contributed by atoms with Crippen LogP contribution in [-0.2, 0) is 14.3 Å². The number of amides is 1. The molecule has 71 heavy (non-hydrogen) atoms. The number of allylic oxidation sites excluding steroid dienone is 2. The monoisotopic (exact) mass is 1000 g/mol. The molecule has 0 saturated heterocycles. The zero-order valence-corrected chi connectivity index (χ0v) is 48.2. The first kappa shape index (κ1) is 69.6. The lowest BCUT2D eigenvalue weighted by atomic mass is 10.0. The van der Waals surface area contributed by atoms with Crippen LogP contribution in [0.15, 0.2) is 12.2 Å². The molecule has 0 aromatic rings. The van der Waals surface area contributed by atoms with E-state index >= 15 is 0 Å². The zero-order valence-electron chi connectivity index (χ0n) is 48.2. The summed E-state index contributed by atoms with van der Waals surface area (Å²) in [6, 6.07) is -0.553. The number of aliphatic hydroxyl groups is 2. The van der Waals surface area contributed by atoms with E-state index in [-0.39, 0.29) is 18.5 Å². The molecule has 0 bridgehead atoms. The first-order chi connectivity index (χ1) is 35.0. The van der Waals surface area contributed by atoms with Gasteiger partial charge in [0.1, 0.15) is 0 Å². The fraction of sp³-hybridized carbons (Fsp3) is 0.938. The van der Waals surface area contributed by atoms with Crippen molar-refractivity contribution in [2.24, 2.45) is 0 Å². The third kappa shape index (κ3) is 57.7. The molecule has 0 aliphatic carbocycles. The summed E-state index contributed by atoms with van der Waals surface area (Å²) in [6.45, 7) is 4.96. The number of hydrogen-bond acceptors (Lipinski definition) is 5. The summed E-state index contributed by atoms with van der Waals surface area (Å²) in [5.41, 5.74) is 0. The number of aliphatic hydroxyl groups excluding tert-OH is 2. The molecule has 2 atom stereocenters. The number of carbonyl (C=O) groups is 2. The van der Waals surface area contributed by atoms with Crippen LogP contribution in [0, 0.1) is 0 Å². The van der Waals surface area contributed by atoms with Crippen LogP contribution in [0.1, 0.15) is 367 Å². The molecule has 3 N–H and O–H groups in total. The van der Waals surface area contributed by atoms with E-state index in [9.17, 15) is 19.8 Å². The van der Waals surface area contributed by atoms with Crippen molar-refractivity contribution in [3.05, 3.63) is 12.2 Å². The second-order valence-electron chi connectivity index (χ2n) is 22.5. The molecule has 0 heterocycles. The molecule has 6 nitrogen and oxygen atoms in total. The summed E-state index contributed by atoms with van der Waals surface area (Å²) in [7, 11) is 0. The first-order valence-electron chi connectivity index (χ1n) is 32.4. The standard InChI is InChI=1S/C65H127NO5/c1-3-5-7-9-11-13-15-17-19-21-22-23-24-25-27-29-33-37-41-45-49-53-57-63(68)62(61-67)66-64(69)58-54-50-46-42-38-34-30-28-32-36-40-44-48-52-56-60-71-65(70)59-55-51-47-43-39-35-31-26-20-18-16-14-12-10-8-6-4-2/h32,36,62-63,67-68H,3-31,33-35,37-61H2,1-2H3,(H,66,69)/b36-32-. The molecule has 0 saturated carbocycles. The summed E-state index contributed by atoms with van der Waals surface area (Å²) in [6.07, 6.45) is 73.7. The molecule has 0 radical (unpaired) electrons. The van der Waals surface area contributed by atoms with Crippen molar-refractivity contribution >= 4 is 11.9 Å². The molecule has 0 spiro atoms. The number of ether oxygens (including phenoxy) is 1. The van der Waals surface area contributed by atoms with Crippen molar-refractivity contribution < 1.29 is 24.5 Å². The molecular weight excluding hydrogens is 875 g/mol. The van der Waals surface area contributed by atoms with Gasteiger partial charge in [-0.25, -0.2) is 0 Å². The third-order valence-corrected chi connectivity index (χ3v) is 15.3. The molecule has 1 amide bonds. The van der Waals surface area contributed by atoms with Crippen LogP contribution in [0.25, 0.3) is 0 Å². The molecule has 422 valence electrons. The van der Waals surface area contributed by atoms with Crippen molar-refractivity contribution in [3.63, 3.8) is 0 Å². The average Bonchev–Trinajstić information content (AvgIpc) is 3.37. The van der Waals surface area contributed by atoms with Gasteiger partial charge in [-0.1, -0.05) is 315 Å². The van der Waals surface area contributed by atoms with Gasteiger partial charge in [-0.05, 0) is 51.4 Å². The number of unbranched alkanes of at least 4 members (excludes halogenated alkanes) is 48. The van der Waals surface area contributed by atoms with Gasteiger partial charge in [0.15, 0.2) is 0 Å². The Balaban J connectivity index is 3.44. The summed E-state index contributed by atoms with van der Waals surface area (Å²) in [4.78, 5) is 24.6.